The van der Waals surface area contributed by atoms with Gasteiger partial charge < -0.3 is 10.1 Å². The van der Waals surface area contributed by atoms with Gasteiger partial charge in [0.2, 0.25) is 5.91 Å². The quantitative estimate of drug-likeness (QED) is 0.575. The van der Waals surface area contributed by atoms with E-state index in [9.17, 15) is 9.59 Å². The van der Waals surface area contributed by atoms with E-state index in [2.05, 4.69) is 10.4 Å². The Morgan fingerprint density at radius 2 is 2.15 bits per heavy atom. The number of amides is 1. The number of hydrogen-bond donors (Lipinski definition) is 1. The van der Waals surface area contributed by atoms with Gasteiger partial charge in [0.25, 0.3) is 0 Å². The number of methoxy groups -OCH3 is 1. The number of aryl methyl sites for hydroxylation is 1. The van der Waals surface area contributed by atoms with E-state index in [4.69, 9.17) is 4.74 Å². The summed E-state index contributed by atoms with van der Waals surface area (Å²) >= 11 is 1.57. The van der Waals surface area contributed by atoms with E-state index in [1.807, 2.05) is 42.6 Å². The minimum absolute atomic E-state index is 0.122. The van der Waals surface area contributed by atoms with Gasteiger partial charge in [-0.3, -0.25) is 4.79 Å². The lowest BCUT2D eigenvalue weighted by Crippen LogP contribution is -2.32. The zero-order valence-corrected chi connectivity index (χ0v) is 15.7. The molecule has 0 atom stereocenters. The number of ether oxygens (including phenoxy) is 1. The molecule has 1 aromatic carbocycles. The summed E-state index contributed by atoms with van der Waals surface area (Å²) < 4.78 is 8.00. The van der Waals surface area contributed by atoms with Crippen LogP contribution >= 0.6 is 11.3 Å². The van der Waals surface area contributed by atoms with Gasteiger partial charge in [-0.25, -0.2) is 13.9 Å². The van der Waals surface area contributed by atoms with Crippen LogP contribution in [-0.2, 0) is 17.9 Å². The van der Waals surface area contributed by atoms with Crippen molar-refractivity contribution in [1.82, 2.24) is 19.5 Å². The van der Waals surface area contributed by atoms with Crippen molar-refractivity contribution in [2.45, 2.75) is 20.0 Å². The van der Waals surface area contributed by atoms with Gasteiger partial charge in [0.05, 0.1) is 19.2 Å². The van der Waals surface area contributed by atoms with Crippen LogP contribution in [0.4, 0.5) is 0 Å². The van der Waals surface area contributed by atoms with E-state index in [0.717, 1.165) is 27.1 Å². The SMILES string of the molecule is COc1ccc2c(c1)cc(C)c1nn(CC(=O)NCc3cccs3)c(=O)n12. The molecule has 0 saturated carbocycles. The largest absolute Gasteiger partial charge is 0.497 e. The summed E-state index contributed by atoms with van der Waals surface area (Å²) in [5.74, 6) is 0.465. The third-order valence-corrected chi connectivity index (χ3v) is 5.25. The first-order valence-corrected chi connectivity index (χ1v) is 9.31. The van der Waals surface area contributed by atoms with Crippen molar-refractivity contribution in [2.24, 2.45) is 0 Å². The molecular weight excluding hydrogens is 364 g/mol. The summed E-state index contributed by atoms with van der Waals surface area (Å²) in [5, 5.41) is 10.0. The first kappa shape index (κ1) is 17.3. The van der Waals surface area contributed by atoms with Gasteiger partial charge in [0.1, 0.15) is 12.3 Å². The van der Waals surface area contributed by atoms with E-state index in [1.54, 1.807) is 24.5 Å². The first-order valence-electron chi connectivity index (χ1n) is 8.43. The second kappa shape index (κ2) is 6.88. The molecule has 0 unspecified atom stereocenters. The molecule has 7 nitrogen and oxygen atoms in total. The molecule has 4 rings (SSSR count). The van der Waals surface area contributed by atoms with Gasteiger partial charge in [-0.05, 0) is 48.2 Å². The van der Waals surface area contributed by atoms with Crippen LogP contribution in [0.25, 0.3) is 16.6 Å². The topological polar surface area (TPSA) is 77.6 Å². The van der Waals surface area contributed by atoms with Crippen molar-refractivity contribution in [1.29, 1.82) is 0 Å². The zero-order chi connectivity index (χ0) is 19.0. The molecule has 0 spiro atoms. The number of pyridine rings is 1. The Kier molecular flexibility index (Phi) is 4.41. The third kappa shape index (κ3) is 3.19. The van der Waals surface area contributed by atoms with Crippen molar-refractivity contribution in [3.8, 4) is 5.75 Å². The Morgan fingerprint density at radius 3 is 2.89 bits per heavy atom. The monoisotopic (exact) mass is 382 g/mol. The number of fused-ring (bicyclic) bond motifs is 3. The van der Waals surface area contributed by atoms with Crippen LogP contribution < -0.4 is 15.7 Å². The number of thiophene rings is 1. The average Bonchev–Trinajstić information content (AvgIpc) is 3.29. The molecule has 0 aliphatic carbocycles. The highest BCUT2D eigenvalue weighted by Gasteiger charge is 2.15. The molecular formula is C19H18N4O3S. The summed E-state index contributed by atoms with van der Waals surface area (Å²) in [6, 6.07) is 11.3. The van der Waals surface area contributed by atoms with Crippen LogP contribution in [0.2, 0.25) is 0 Å². The van der Waals surface area contributed by atoms with Crippen LogP contribution in [0.15, 0.2) is 46.6 Å². The molecule has 0 fully saturated rings. The van der Waals surface area contributed by atoms with Gasteiger partial charge in [-0.1, -0.05) is 6.07 Å². The molecule has 0 aliphatic rings. The van der Waals surface area contributed by atoms with E-state index in [1.165, 1.54) is 9.08 Å². The molecule has 3 aromatic heterocycles. The van der Waals surface area contributed by atoms with Crippen molar-refractivity contribution in [3.63, 3.8) is 0 Å². The second-order valence-corrected chi connectivity index (χ2v) is 7.24. The Balaban J connectivity index is 1.69. The third-order valence-electron chi connectivity index (χ3n) is 4.37. The molecule has 3 heterocycles. The molecule has 8 heteroatoms. The van der Waals surface area contributed by atoms with E-state index in [0.29, 0.717) is 12.2 Å². The van der Waals surface area contributed by atoms with E-state index >= 15 is 0 Å². The van der Waals surface area contributed by atoms with Crippen LogP contribution in [0, 0.1) is 6.92 Å². The number of aromatic nitrogens is 3. The number of carbonyl (C=O) groups is 1. The Labute approximate surface area is 158 Å². The Morgan fingerprint density at radius 1 is 1.30 bits per heavy atom. The molecule has 1 amide bonds. The standard InChI is InChI=1S/C19H18N4O3S/c1-12-8-13-9-14(26-2)5-6-16(13)23-18(12)21-22(19(23)25)11-17(24)20-10-15-4-3-7-27-15/h3-9H,10-11H2,1-2H3,(H,20,24). The summed E-state index contributed by atoms with van der Waals surface area (Å²) in [7, 11) is 1.60. The lowest BCUT2D eigenvalue weighted by molar-refractivity contribution is -0.122. The smallest absolute Gasteiger partial charge is 0.351 e. The van der Waals surface area contributed by atoms with Crippen molar-refractivity contribution >= 4 is 33.8 Å². The van der Waals surface area contributed by atoms with Gasteiger partial charge in [0.15, 0.2) is 5.65 Å². The number of rotatable bonds is 5. The van der Waals surface area contributed by atoms with Crippen molar-refractivity contribution in [2.75, 3.05) is 7.11 Å². The highest BCUT2D eigenvalue weighted by atomic mass is 32.1. The highest BCUT2D eigenvalue weighted by molar-refractivity contribution is 7.09. The lowest BCUT2D eigenvalue weighted by atomic mass is 10.1. The summed E-state index contributed by atoms with van der Waals surface area (Å²) in [6.07, 6.45) is 0. The fraction of sp³-hybridized carbons (Fsp3) is 0.211. The van der Waals surface area contributed by atoms with Gasteiger partial charge in [-0.15, -0.1) is 16.4 Å². The molecule has 27 heavy (non-hydrogen) atoms. The van der Waals surface area contributed by atoms with E-state index in [-0.39, 0.29) is 18.1 Å². The Hall–Kier alpha value is -3.13. The number of nitrogens with zero attached hydrogens (tertiary/aromatic N) is 3. The van der Waals surface area contributed by atoms with Crippen molar-refractivity contribution in [3.05, 3.63) is 62.7 Å². The minimum atomic E-state index is -0.338. The summed E-state index contributed by atoms with van der Waals surface area (Å²) in [4.78, 5) is 26.2. The number of benzene rings is 1. The van der Waals surface area contributed by atoms with Crippen LogP contribution in [0.3, 0.4) is 0 Å². The maximum atomic E-state index is 12.9. The maximum Gasteiger partial charge on any atom is 0.351 e. The predicted octanol–water partition coefficient (Wildman–Crippen LogP) is 2.34. The minimum Gasteiger partial charge on any atom is -0.497 e. The maximum absolute atomic E-state index is 12.9. The molecule has 0 radical (unpaired) electrons. The second-order valence-electron chi connectivity index (χ2n) is 6.21. The van der Waals surface area contributed by atoms with E-state index < -0.39 is 0 Å². The summed E-state index contributed by atoms with van der Waals surface area (Å²) in [5.41, 5.74) is 1.79. The van der Waals surface area contributed by atoms with Crippen LogP contribution in [0.5, 0.6) is 5.75 Å². The fourth-order valence-corrected chi connectivity index (χ4v) is 3.70. The van der Waals surface area contributed by atoms with Gasteiger partial charge in [-0.2, -0.15) is 0 Å². The van der Waals surface area contributed by atoms with Crippen LogP contribution in [-0.4, -0.2) is 27.2 Å². The average molecular weight is 382 g/mol. The molecule has 1 N–H and O–H groups in total. The number of hydrogen-bond acceptors (Lipinski definition) is 5. The highest BCUT2D eigenvalue weighted by Crippen LogP contribution is 2.23. The summed E-state index contributed by atoms with van der Waals surface area (Å²) in [6.45, 7) is 2.21. The van der Waals surface area contributed by atoms with Gasteiger partial charge in [0, 0.05) is 10.3 Å². The van der Waals surface area contributed by atoms with Crippen LogP contribution in [0.1, 0.15) is 10.4 Å². The zero-order valence-electron chi connectivity index (χ0n) is 14.9. The molecule has 0 aliphatic heterocycles. The molecule has 4 aromatic rings. The molecule has 0 bridgehead atoms. The molecule has 0 saturated heterocycles. The van der Waals surface area contributed by atoms with Gasteiger partial charge >= 0.3 is 5.69 Å². The lowest BCUT2D eigenvalue weighted by Gasteiger charge is -2.05. The normalized spacial score (nSPS) is 11.2. The first-order chi connectivity index (χ1) is 13.1. The fourth-order valence-electron chi connectivity index (χ4n) is 3.05. The molecule has 138 valence electrons. The predicted molar refractivity (Wildman–Crippen MR) is 104 cm³/mol. The number of carbonyl (C=O) groups excluding carboxylic acids is 1. The Bertz CT molecular complexity index is 1190. The number of nitrogens with one attached hydrogen (secondary N) is 1. The van der Waals surface area contributed by atoms with Crippen molar-refractivity contribution < 1.29 is 9.53 Å².